The van der Waals surface area contributed by atoms with Crippen molar-refractivity contribution in [2.24, 2.45) is 0 Å². The first-order valence-electron chi connectivity index (χ1n) is 8.87. The number of likely N-dealkylation sites (N-methyl/N-ethyl adjacent to an activating group) is 2. The average molecular weight is 393 g/mol. The van der Waals surface area contributed by atoms with Crippen LogP contribution in [-0.4, -0.2) is 77.9 Å². The van der Waals surface area contributed by atoms with E-state index in [-0.39, 0.29) is 35.3 Å². The number of hydrogen-bond donors (Lipinski definition) is 0. The number of rotatable bonds is 8. The lowest BCUT2D eigenvalue weighted by molar-refractivity contribution is -0.135. The first kappa shape index (κ1) is 23.1. The van der Waals surface area contributed by atoms with Crippen LogP contribution < -0.4 is 0 Å². The van der Waals surface area contributed by atoms with Crippen molar-refractivity contribution in [1.29, 1.82) is 0 Å². The van der Waals surface area contributed by atoms with Crippen LogP contribution in [-0.2, 0) is 19.1 Å². The van der Waals surface area contributed by atoms with Crippen LogP contribution in [0.4, 0.5) is 0 Å². The van der Waals surface area contributed by atoms with Gasteiger partial charge < -0.3 is 19.3 Å². The molecule has 0 N–H and O–H groups in total. The SMILES string of the molecule is CC(C)N(C)C(=O)COC(=O)c1cccc(C(=O)OCC(=O)N(C)C(C)C)n1. The highest BCUT2D eigenvalue weighted by Gasteiger charge is 2.19. The summed E-state index contributed by atoms with van der Waals surface area (Å²) in [5.74, 6) is -2.38. The van der Waals surface area contributed by atoms with Gasteiger partial charge >= 0.3 is 11.9 Å². The summed E-state index contributed by atoms with van der Waals surface area (Å²) in [5.41, 5.74) is -0.278. The fourth-order valence-corrected chi connectivity index (χ4v) is 1.84. The highest BCUT2D eigenvalue weighted by atomic mass is 16.5. The maximum atomic E-state index is 12.1. The van der Waals surface area contributed by atoms with E-state index in [0.29, 0.717) is 0 Å². The van der Waals surface area contributed by atoms with E-state index in [1.54, 1.807) is 14.1 Å². The Hall–Kier alpha value is -2.97. The van der Waals surface area contributed by atoms with Crippen LogP contribution >= 0.6 is 0 Å². The van der Waals surface area contributed by atoms with Gasteiger partial charge in [0, 0.05) is 26.2 Å². The molecule has 0 fully saturated rings. The summed E-state index contributed by atoms with van der Waals surface area (Å²) in [6.07, 6.45) is 0. The molecule has 0 aliphatic rings. The van der Waals surface area contributed by atoms with Crippen molar-refractivity contribution in [1.82, 2.24) is 14.8 Å². The Labute approximate surface area is 164 Å². The molecule has 28 heavy (non-hydrogen) atoms. The lowest BCUT2D eigenvalue weighted by Gasteiger charge is -2.21. The van der Waals surface area contributed by atoms with Gasteiger partial charge in [-0.3, -0.25) is 9.59 Å². The van der Waals surface area contributed by atoms with Crippen molar-refractivity contribution in [3.8, 4) is 0 Å². The lowest BCUT2D eigenvalue weighted by atomic mass is 10.3. The molecule has 9 nitrogen and oxygen atoms in total. The Morgan fingerprint density at radius 1 is 0.821 bits per heavy atom. The second-order valence-electron chi connectivity index (χ2n) is 6.76. The van der Waals surface area contributed by atoms with Crippen LogP contribution in [0.5, 0.6) is 0 Å². The van der Waals surface area contributed by atoms with Gasteiger partial charge in [0.2, 0.25) is 0 Å². The average Bonchev–Trinajstić information content (AvgIpc) is 2.68. The summed E-state index contributed by atoms with van der Waals surface area (Å²) >= 11 is 0. The van der Waals surface area contributed by atoms with E-state index in [2.05, 4.69) is 4.98 Å². The molecule has 0 aromatic carbocycles. The van der Waals surface area contributed by atoms with Crippen molar-refractivity contribution in [2.45, 2.75) is 39.8 Å². The van der Waals surface area contributed by atoms with Crippen molar-refractivity contribution in [3.63, 3.8) is 0 Å². The number of carbonyl (C=O) groups is 4. The Kier molecular flexibility index (Phi) is 8.56. The third kappa shape index (κ3) is 6.64. The minimum atomic E-state index is -0.837. The maximum Gasteiger partial charge on any atom is 0.357 e. The number of carbonyl (C=O) groups excluding carboxylic acids is 4. The zero-order valence-electron chi connectivity index (χ0n) is 17.1. The van der Waals surface area contributed by atoms with Crippen molar-refractivity contribution < 1.29 is 28.7 Å². The van der Waals surface area contributed by atoms with Crippen LogP contribution in [0.2, 0.25) is 0 Å². The van der Waals surface area contributed by atoms with Gasteiger partial charge in [-0.1, -0.05) is 6.07 Å². The normalized spacial score (nSPS) is 10.6. The Morgan fingerprint density at radius 3 is 1.50 bits per heavy atom. The van der Waals surface area contributed by atoms with E-state index in [9.17, 15) is 19.2 Å². The molecule has 0 aliphatic heterocycles. The van der Waals surface area contributed by atoms with Gasteiger partial charge in [-0.05, 0) is 39.8 Å². The van der Waals surface area contributed by atoms with E-state index in [0.717, 1.165) is 0 Å². The number of hydrogen-bond acceptors (Lipinski definition) is 7. The molecule has 1 aromatic heterocycles. The van der Waals surface area contributed by atoms with Crippen molar-refractivity contribution >= 4 is 23.8 Å². The van der Waals surface area contributed by atoms with Crippen LogP contribution in [0, 0.1) is 0 Å². The smallest absolute Gasteiger partial charge is 0.357 e. The van der Waals surface area contributed by atoms with Gasteiger partial charge in [0.25, 0.3) is 11.8 Å². The summed E-state index contributed by atoms with van der Waals surface area (Å²) in [6, 6.07) is 4.09. The molecule has 0 bridgehead atoms. The van der Waals surface area contributed by atoms with Gasteiger partial charge in [0.05, 0.1) is 0 Å². The van der Waals surface area contributed by atoms with E-state index in [1.807, 2.05) is 27.7 Å². The Morgan fingerprint density at radius 2 is 1.18 bits per heavy atom. The molecule has 0 aliphatic carbocycles. The van der Waals surface area contributed by atoms with Crippen molar-refractivity contribution in [2.75, 3.05) is 27.3 Å². The van der Waals surface area contributed by atoms with E-state index >= 15 is 0 Å². The largest absolute Gasteiger partial charge is 0.451 e. The topological polar surface area (TPSA) is 106 Å². The predicted molar refractivity (Wildman–Crippen MR) is 101 cm³/mol. The maximum absolute atomic E-state index is 12.1. The third-order valence-electron chi connectivity index (χ3n) is 4.16. The highest BCUT2D eigenvalue weighted by Crippen LogP contribution is 2.05. The van der Waals surface area contributed by atoms with Gasteiger partial charge in [-0.2, -0.15) is 0 Å². The quantitative estimate of drug-likeness (QED) is 0.610. The molecule has 0 atom stereocenters. The molecule has 1 rings (SSSR count). The molecule has 0 saturated heterocycles. The molecule has 0 unspecified atom stereocenters. The summed E-state index contributed by atoms with van der Waals surface area (Å²) in [5, 5.41) is 0. The fourth-order valence-electron chi connectivity index (χ4n) is 1.84. The minimum Gasteiger partial charge on any atom is -0.451 e. The zero-order chi connectivity index (χ0) is 21.4. The minimum absolute atomic E-state index is 0.0279. The third-order valence-corrected chi connectivity index (χ3v) is 4.16. The van der Waals surface area contributed by atoms with Gasteiger partial charge in [-0.15, -0.1) is 0 Å². The van der Waals surface area contributed by atoms with E-state index < -0.39 is 25.2 Å². The number of esters is 2. The summed E-state index contributed by atoms with van der Waals surface area (Å²) in [4.78, 5) is 54.7. The van der Waals surface area contributed by atoms with E-state index in [1.165, 1.54) is 28.0 Å². The Bertz CT molecular complexity index is 675. The molecule has 0 spiro atoms. The molecule has 2 amide bonds. The molecule has 154 valence electrons. The summed E-state index contributed by atoms with van der Waals surface area (Å²) in [6.45, 7) is 6.47. The molecule has 1 aromatic rings. The molecule has 0 saturated carbocycles. The van der Waals surface area contributed by atoms with E-state index in [4.69, 9.17) is 9.47 Å². The van der Waals surface area contributed by atoms with Gasteiger partial charge in [-0.25, -0.2) is 14.6 Å². The number of pyridine rings is 1. The van der Waals surface area contributed by atoms with Crippen LogP contribution in [0.25, 0.3) is 0 Å². The zero-order valence-corrected chi connectivity index (χ0v) is 17.1. The first-order valence-corrected chi connectivity index (χ1v) is 8.87. The second kappa shape index (κ2) is 10.4. The number of ether oxygens (including phenoxy) is 2. The highest BCUT2D eigenvalue weighted by molar-refractivity contribution is 5.93. The van der Waals surface area contributed by atoms with Crippen LogP contribution in [0.3, 0.4) is 0 Å². The lowest BCUT2D eigenvalue weighted by Crippen LogP contribution is -2.36. The van der Waals surface area contributed by atoms with Crippen molar-refractivity contribution in [3.05, 3.63) is 29.6 Å². The standard InChI is InChI=1S/C19H27N3O6/c1-12(2)21(5)16(23)10-27-18(25)14-8-7-9-15(20-14)19(26)28-11-17(24)22(6)13(3)4/h7-9,12-13H,10-11H2,1-6H3. The summed E-state index contributed by atoms with van der Waals surface area (Å²) in [7, 11) is 3.21. The monoisotopic (exact) mass is 393 g/mol. The first-order chi connectivity index (χ1) is 13.0. The number of aromatic nitrogens is 1. The molecular formula is C19H27N3O6. The predicted octanol–water partition coefficient (Wildman–Crippen LogP) is 1.13. The summed E-state index contributed by atoms with van der Waals surface area (Å²) < 4.78 is 9.89. The molecular weight excluding hydrogens is 366 g/mol. The molecule has 0 radical (unpaired) electrons. The molecule has 1 heterocycles. The van der Waals surface area contributed by atoms with Crippen LogP contribution in [0.1, 0.15) is 48.7 Å². The fraction of sp³-hybridized carbons (Fsp3) is 0.526. The number of amides is 2. The Balaban J connectivity index is 2.67. The van der Waals surface area contributed by atoms with Gasteiger partial charge in [0.15, 0.2) is 13.2 Å². The molecule has 9 heteroatoms. The number of nitrogens with zero attached hydrogens (tertiary/aromatic N) is 3. The van der Waals surface area contributed by atoms with Crippen LogP contribution in [0.15, 0.2) is 18.2 Å². The second-order valence-corrected chi connectivity index (χ2v) is 6.76. The van der Waals surface area contributed by atoms with Gasteiger partial charge in [0.1, 0.15) is 11.4 Å².